The van der Waals surface area contributed by atoms with Crippen LogP contribution in [-0.2, 0) is 20.9 Å². The molecule has 11 nitrogen and oxygen atoms in total. The fourth-order valence-corrected chi connectivity index (χ4v) is 4.36. The third-order valence-corrected chi connectivity index (χ3v) is 5.93. The van der Waals surface area contributed by atoms with Crippen molar-refractivity contribution in [2.45, 2.75) is 38.2 Å². The zero-order valence-electron chi connectivity index (χ0n) is 14.5. The number of carboxylic acid groups (broad SMARTS) is 1. The second kappa shape index (κ2) is 7.02. The van der Waals surface area contributed by atoms with E-state index in [0.717, 1.165) is 6.20 Å². The van der Waals surface area contributed by atoms with Gasteiger partial charge in [-0.2, -0.15) is 5.10 Å². The Morgan fingerprint density at radius 3 is 2.78 bits per heavy atom. The molecule has 2 amide bonds. The minimum atomic E-state index is -1.16. The molecule has 3 heterocycles. The number of carboxylic acids is 1. The Kier molecular flexibility index (Phi) is 4.91. The van der Waals surface area contributed by atoms with Crippen LogP contribution in [0.5, 0.6) is 0 Å². The fraction of sp³-hybridized carbons (Fsp3) is 0.467. The number of hydrogen-bond donors (Lipinski definition) is 2. The van der Waals surface area contributed by atoms with Gasteiger partial charge >= 0.3 is 11.7 Å². The van der Waals surface area contributed by atoms with E-state index in [-0.39, 0.29) is 24.4 Å². The van der Waals surface area contributed by atoms with Crippen molar-refractivity contribution in [1.82, 2.24) is 20.0 Å². The lowest BCUT2D eigenvalue weighted by molar-refractivity contribution is -0.385. The van der Waals surface area contributed by atoms with Crippen molar-refractivity contribution in [3.8, 4) is 0 Å². The van der Waals surface area contributed by atoms with Gasteiger partial charge in [0.05, 0.1) is 11.5 Å². The van der Waals surface area contributed by atoms with Gasteiger partial charge < -0.3 is 10.4 Å². The van der Waals surface area contributed by atoms with Crippen molar-refractivity contribution in [3.05, 3.63) is 33.3 Å². The van der Waals surface area contributed by atoms with Crippen LogP contribution in [-0.4, -0.2) is 59.7 Å². The van der Waals surface area contributed by atoms with Gasteiger partial charge in [-0.3, -0.25) is 29.3 Å². The Bertz CT molecular complexity index is 878. The van der Waals surface area contributed by atoms with E-state index in [9.17, 15) is 29.6 Å². The number of nitrogens with one attached hydrogen (secondary N) is 1. The SMILES string of the molecule is CC1=C(C(=O)O)N2C(=O)C(NC(=O)CCn3ncc([N+](=O)[O-])c3C)C2SC1. The van der Waals surface area contributed by atoms with E-state index < -0.39 is 34.1 Å². The van der Waals surface area contributed by atoms with E-state index in [1.807, 2.05) is 0 Å². The lowest BCUT2D eigenvalue weighted by Gasteiger charge is -2.49. The highest BCUT2D eigenvalue weighted by molar-refractivity contribution is 8.00. The molecule has 0 radical (unpaired) electrons. The summed E-state index contributed by atoms with van der Waals surface area (Å²) >= 11 is 1.40. The number of hydrogen-bond acceptors (Lipinski definition) is 7. The van der Waals surface area contributed by atoms with Crippen LogP contribution in [0.1, 0.15) is 19.0 Å². The van der Waals surface area contributed by atoms with Gasteiger partial charge in [-0.25, -0.2) is 4.79 Å². The Morgan fingerprint density at radius 2 is 2.19 bits per heavy atom. The lowest BCUT2D eigenvalue weighted by Crippen LogP contribution is -2.70. The van der Waals surface area contributed by atoms with Crippen LogP contribution in [0, 0.1) is 17.0 Å². The van der Waals surface area contributed by atoms with Crippen molar-refractivity contribution < 1.29 is 24.4 Å². The summed E-state index contributed by atoms with van der Waals surface area (Å²) in [4.78, 5) is 47.3. The number of carbonyl (C=O) groups is 3. The van der Waals surface area contributed by atoms with Crippen LogP contribution in [0.25, 0.3) is 0 Å². The highest BCUT2D eigenvalue weighted by Gasteiger charge is 2.53. The maximum atomic E-state index is 12.3. The number of aromatic nitrogens is 2. The van der Waals surface area contributed by atoms with Crippen molar-refractivity contribution in [1.29, 1.82) is 0 Å². The van der Waals surface area contributed by atoms with Gasteiger partial charge in [0.1, 0.15) is 29.0 Å². The Balaban J connectivity index is 1.59. The summed E-state index contributed by atoms with van der Waals surface area (Å²) in [6.07, 6.45) is 1.11. The zero-order chi connectivity index (χ0) is 19.9. The normalized spacial score (nSPS) is 21.6. The minimum Gasteiger partial charge on any atom is -0.477 e. The maximum absolute atomic E-state index is 12.3. The van der Waals surface area contributed by atoms with E-state index >= 15 is 0 Å². The predicted octanol–water partition coefficient (Wildman–Crippen LogP) is 0.248. The smallest absolute Gasteiger partial charge is 0.352 e. The number of aryl methyl sites for hydroxylation is 1. The van der Waals surface area contributed by atoms with Crippen LogP contribution >= 0.6 is 11.8 Å². The molecule has 1 aromatic heterocycles. The molecular weight excluding hydrogens is 378 g/mol. The van der Waals surface area contributed by atoms with E-state index in [4.69, 9.17) is 0 Å². The van der Waals surface area contributed by atoms with Crippen LogP contribution in [0.15, 0.2) is 17.5 Å². The Labute approximate surface area is 157 Å². The van der Waals surface area contributed by atoms with Gasteiger partial charge in [0.2, 0.25) is 5.91 Å². The number of fused-ring (bicyclic) bond motifs is 1. The molecule has 2 aliphatic heterocycles. The average molecular weight is 395 g/mol. The van der Waals surface area contributed by atoms with Gasteiger partial charge in [0.25, 0.3) is 5.91 Å². The highest BCUT2D eigenvalue weighted by Crippen LogP contribution is 2.40. The number of thioether (sulfide) groups is 1. The first kappa shape index (κ1) is 18.9. The van der Waals surface area contributed by atoms with Crippen molar-refractivity contribution in [2.75, 3.05) is 5.75 Å². The second-order valence-electron chi connectivity index (χ2n) is 6.23. The summed E-state index contributed by atoms with van der Waals surface area (Å²) < 4.78 is 1.36. The molecule has 2 N–H and O–H groups in total. The van der Waals surface area contributed by atoms with Gasteiger partial charge in [0, 0.05) is 12.2 Å². The molecule has 3 rings (SSSR count). The van der Waals surface area contributed by atoms with Crippen molar-refractivity contribution >= 4 is 35.2 Å². The number of β-lactam (4-membered cyclic amide) rings is 1. The summed E-state index contributed by atoms with van der Waals surface area (Å²) in [6, 6.07) is -0.780. The molecule has 1 fully saturated rings. The topological polar surface area (TPSA) is 148 Å². The van der Waals surface area contributed by atoms with Gasteiger partial charge in [-0.05, 0) is 19.4 Å². The molecule has 0 saturated carbocycles. The number of rotatable bonds is 6. The molecular formula is C15H17N5O6S. The molecule has 0 bridgehead atoms. The van der Waals surface area contributed by atoms with Crippen LogP contribution in [0.3, 0.4) is 0 Å². The first-order chi connectivity index (χ1) is 12.7. The predicted molar refractivity (Wildman–Crippen MR) is 93.6 cm³/mol. The first-order valence-electron chi connectivity index (χ1n) is 8.06. The zero-order valence-corrected chi connectivity index (χ0v) is 15.4. The molecule has 0 aliphatic carbocycles. The Morgan fingerprint density at radius 1 is 1.48 bits per heavy atom. The average Bonchev–Trinajstić information content (AvgIpc) is 2.98. The molecule has 1 aromatic rings. The van der Waals surface area contributed by atoms with Crippen LogP contribution in [0.2, 0.25) is 0 Å². The highest BCUT2D eigenvalue weighted by atomic mass is 32.2. The number of carbonyl (C=O) groups excluding carboxylic acids is 2. The molecule has 1 saturated heterocycles. The molecule has 12 heteroatoms. The maximum Gasteiger partial charge on any atom is 0.352 e. The number of aliphatic carboxylic acids is 1. The minimum absolute atomic E-state index is 0.0124. The number of amides is 2. The van der Waals surface area contributed by atoms with E-state index in [0.29, 0.717) is 17.0 Å². The van der Waals surface area contributed by atoms with Gasteiger partial charge in [0.15, 0.2) is 0 Å². The third kappa shape index (κ3) is 3.27. The second-order valence-corrected chi connectivity index (χ2v) is 7.34. The molecule has 2 atom stereocenters. The van der Waals surface area contributed by atoms with Crippen molar-refractivity contribution in [2.24, 2.45) is 0 Å². The van der Waals surface area contributed by atoms with Gasteiger partial charge in [-0.15, -0.1) is 11.8 Å². The summed E-state index contributed by atoms with van der Waals surface area (Å²) in [5.74, 6) is -1.55. The standard InChI is InChI=1S/C15H17N5O6S/c1-7-6-27-14-11(13(22)19(14)12(7)15(23)24)17-10(21)3-4-18-8(2)9(5-16-18)20(25)26/h5,11,14H,3-4,6H2,1-2H3,(H,17,21)(H,23,24). The largest absolute Gasteiger partial charge is 0.477 e. The summed E-state index contributed by atoms with van der Waals surface area (Å²) in [5.41, 5.74) is 0.807. The lowest BCUT2D eigenvalue weighted by atomic mass is 10.0. The van der Waals surface area contributed by atoms with Crippen LogP contribution < -0.4 is 5.32 Å². The van der Waals surface area contributed by atoms with Gasteiger partial charge in [-0.1, -0.05) is 0 Å². The quantitative estimate of drug-likeness (QED) is 0.396. The summed E-state index contributed by atoms with van der Waals surface area (Å²) in [5, 5.41) is 26.2. The molecule has 0 aromatic carbocycles. The monoisotopic (exact) mass is 395 g/mol. The fourth-order valence-electron chi connectivity index (χ4n) is 3.07. The molecule has 0 spiro atoms. The number of nitrogens with zero attached hydrogens (tertiary/aromatic N) is 4. The molecule has 2 unspecified atom stereocenters. The summed E-state index contributed by atoms with van der Waals surface area (Å²) in [6.45, 7) is 3.34. The molecule has 2 aliphatic rings. The molecule has 144 valence electrons. The van der Waals surface area contributed by atoms with Crippen LogP contribution in [0.4, 0.5) is 5.69 Å². The van der Waals surface area contributed by atoms with E-state index in [1.165, 1.54) is 28.3 Å². The van der Waals surface area contributed by atoms with E-state index in [2.05, 4.69) is 10.4 Å². The Hall–Kier alpha value is -2.89. The number of nitro groups is 1. The third-order valence-electron chi connectivity index (χ3n) is 4.50. The summed E-state index contributed by atoms with van der Waals surface area (Å²) in [7, 11) is 0. The van der Waals surface area contributed by atoms with Crippen molar-refractivity contribution in [3.63, 3.8) is 0 Å². The first-order valence-corrected chi connectivity index (χ1v) is 9.11. The van der Waals surface area contributed by atoms with E-state index in [1.54, 1.807) is 6.92 Å². The molecule has 27 heavy (non-hydrogen) atoms.